The average Bonchev–Trinajstić information content (AvgIpc) is 2.63. The van der Waals surface area contributed by atoms with Gasteiger partial charge in [0.15, 0.2) is 0 Å². The molecule has 0 unspecified atom stereocenters. The largest absolute Gasteiger partial charge is 0.437 e. The Kier molecular flexibility index (Phi) is 5.14. The fourth-order valence-electron chi connectivity index (χ4n) is 2.31. The molecular weight excluding hydrogens is 336 g/mol. The van der Waals surface area contributed by atoms with Crippen molar-refractivity contribution in [2.45, 2.75) is 6.42 Å². The normalized spacial score (nSPS) is 10.2. The molecule has 0 atom stereocenters. The lowest BCUT2D eigenvalue weighted by Gasteiger charge is -2.08. The number of hydrogen-bond donors (Lipinski definition) is 1. The summed E-state index contributed by atoms with van der Waals surface area (Å²) < 4.78 is 5.56. The molecule has 0 aliphatic heterocycles. The fraction of sp³-hybridized carbons (Fsp3) is 0.0556. The fourth-order valence-corrected chi connectivity index (χ4v) is 2.31. The second-order valence-electron chi connectivity index (χ2n) is 5.28. The molecule has 8 heteroatoms. The number of rotatable bonds is 6. The van der Waals surface area contributed by atoms with Crippen molar-refractivity contribution in [1.82, 2.24) is 9.97 Å². The summed E-state index contributed by atoms with van der Waals surface area (Å²) in [6, 6.07) is 12.9. The molecule has 26 heavy (non-hydrogen) atoms. The Morgan fingerprint density at radius 1 is 1.15 bits per heavy atom. The van der Waals surface area contributed by atoms with Crippen molar-refractivity contribution < 1.29 is 14.5 Å². The number of benzene rings is 2. The highest BCUT2D eigenvalue weighted by molar-refractivity contribution is 5.93. The van der Waals surface area contributed by atoms with E-state index in [1.54, 1.807) is 42.5 Å². The summed E-state index contributed by atoms with van der Waals surface area (Å²) >= 11 is 0. The first kappa shape index (κ1) is 17.0. The Balaban J connectivity index is 1.68. The standard InChI is InChI=1S/C18H14N4O4/c23-17(10-13-4-1-2-7-16(13)22(24)25)21-14-5-3-6-15(11-14)26-18-12-19-8-9-20-18/h1-9,11-12H,10H2,(H,21,23). The molecule has 3 rings (SSSR count). The SMILES string of the molecule is O=C(Cc1ccccc1[N+](=O)[O-])Nc1cccc(Oc2cnccn2)c1. The summed E-state index contributed by atoms with van der Waals surface area (Å²) in [6.07, 6.45) is 4.41. The van der Waals surface area contributed by atoms with Crippen molar-refractivity contribution in [2.24, 2.45) is 0 Å². The van der Waals surface area contributed by atoms with Crippen LogP contribution in [0.3, 0.4) is 0 Å². The second kappa shape index (κ2) is 7.84. The molecule has 3 aromatic rings. The van der Waals surface area contributed by atoms with Crippen molar-refractivity contribution in [3.63, 3.8) is 0 Å². The summed E-state index contributed by atoms with van der Waals surface area (Å²) in [5.74, 6) is 0.445. The zero-order valence-corrected chi connectivity index (χ0v) is 13.5. The highest BCUT2D eigenvalue weighted by atomic mass is 16.6. The molecule has 1 aromatic heterocycles. The van der Waals surface area contributed by atoms with Crippen LogP contribution in [0.2, 0.25) is 0 Å². The lowest BCUT2D eigenvalue weighted by atomic mass is 10.1. The number of para-hydroxylation sites is 1. The third-order valence-corrected chi connectivity index (χ3v) is 3.42. The van der Waals surface area contributed by atoms with Gasteiger partial charge in [0, 0.05) is 35.8 Å². The Hall–Kier alpha value is -3.81. The van der Waals surface area contributed by atoms with E-state index in [0.29, 0.717) is 22.9 Å². The molecule has 0 radical (unpaired) electrons. The molecule has 0 bridgehead atoms. The van der Waals surface area contributed by atoms with Crippen molar-refractivity contribution in [2.75, 3.05) is 5.32 Å². The first-order chi connectivity index (χ1) is 12.6. The van der Waals surface area contributed by atoms with Gasteiger partial charge in [-0.3, -0.25) is 19.9 Å². The van der Waals surface area contributed by atoms with E-state index in [-0.39, 0.29) is 18.0 Å². The maximum atomic E-state index is 12.2. The summed E-state index contributed by atoms with van der Waals surface area (Å²) in [5.41, 5.74) is 0.777. The van der Waals surface area contributed by atoms with Gasteiger partial charge >= 0.3 is 0 Å². The van der Waals surface area contributed by atoms with Crippen molar-refractivity contribution in [3.05, 3.63) is 82.8 Å². The third-order valence-electron chi connectivity index (χ3n) is 3.42. The van der Waals surface area contributed by atoms with Gasteiger partial charge in [-0.2, -0.15) is 0 Å². The summed E-state index contributed by atoms with van der Waals surface area (Å²) in [4.78, 5) is 30.7. The third kappa shape index (κ3) is 4.38. The Labute approximate surface area is 148 Å². The van der Waals surface area contributed by atoms with E-state index in [4.69, 9.17) is 4.74 Å². The lowest BCUT2D eigenvalue weighted by Crippen LogP contribution is -2.15. The number of carbonyl (C=O) groups excluding carboxylic acids is 1. The van der Waals surface area contributed by atoms with E-state index in [9.17, 15) is 14.9 Å². The predicted octanol–water partition coefficient (Wildman–Crippen LogP) is 3.36. The van der Waals surface area contributed by atoms with Crippen LogP contribution in [0.4, 0.5) is 11.4 Å². The van der Waals surface area contributed by atoms with E-state index < -0.39 is 4.92 Å². The number of ether oxygens (including phenoxy) is 1. The number of nitro benzene ring substituents is 1. The summed E-state index contributed by atoms with van der Waals surface area (Å²) in [6.45, 7) is 0. The van der Waals surface area contributed by atoms with Gasteiger partial charge < -0.3 is 10.1 Å². The molecule has 0 fully saturated rings. The van der Waals surface area contributed by atoms with Gasteiger partial charge in [-0.1, -0.05) is 24.3 Å². The van der Waals surface area contributed by atoms with Gasteiger partial charge in [0.05, 0.1) is 17.5 Å². The van der Waals surface area contributed by atoms with E-state index in [1.807, 2.05) is 0 Å². The molecule has 8 nitrogen and oxygen atoms in total. The summed E-state index contributed by atoms with van der Waals surface area (Å²) in [7, 11) is 0. The van der Waals surface area contributed by atoms with Crippen molar-refractivity contribution in [3.8, 4) is 11.6 Å². The Morgan fingerprint density at radius 3 is 2.77 bits per heavy atom. The summed E-state index contributed by atoms with van der Waals surface area (Å²) in [5, 5.41) is 13.7. The van der Waals surface area contributed by atoms with Gasteiger partial charge in [-0.25, -0.2) is 4.98 Å². The molecule has 0 saturated carbocycles. The number of hydrogen-bond acceptors (Lipinski definition) is 6. The van der Waals surface area contributed by atoms with E-state index in [1.165, 1.54) is 24.7 Å². The smallest absolute Gasteiger partial charge is 0.273 e. The number of nitro groups is 1. The second-order valence-corrected chi connectivity index (χ2v) is 5.28. The molecule has 0 aliphatic carbocycles. The van der Waals surface area contributed by atoms with Crippen LogP contribution in [-0.4, -0.2) is 20.8 Å². The number of amides is 1. The van der Waals surface area contributed by atoms with Crippen LogP contribution in [0, 0.1) is 10.1 Å². The monoisotopic (exact) mass is 350 g/mol. The van der Waals surface area contributed by atoms with Crippen LogP contribution in [0.1, 0.15) is 5.56 Å². The average molecular weight is 350 g/mol. The number of nitrogens with zero attached hydrogens (tertiary/aromatic N) is 3. The number of carbonyl (C=O) groups is 1. The van der Waals surface area contributed by atoms with Gasteiger partial charge in [0.2, 0.25) is 11.8 Å². The molecule has 0 spiro atoms. The van der Waals surface area contributed by atoms with Gasteiger partial charge in [-0.05, 0) is 12.1 Å². The maximum absolute atomic E-state index is 12.2. The van der Waals surface area contributed by atoms with E-state index in [0.717, 1.165) is 0 Å². The van der Waals surface area contributed by atoms with Crippen molar-refractivity contribution in [1.29, 1.82) is 0 Å². The van der Waals surface area contributed by atoms with Gasteiger partial charge in [-0.15, -0.1) is 0 Å². The van der Waals surface area contributed by atoms with Gasteiger partial charge in [0.25, 0.3) is 5.69 Å². The van der Waals surface area contributed by atoms with E-state index >= 15 is 0 Å². The number of anilines is 1. The maximum Gasteiger partial charge on any atom is 0.273 e. The molecule has 1 amide bonds. The molecule has 1 N–H and O–H groups in total. The van der Waals surface area contributed by atoms with Crippen LogP contribution in [-0.2, 0) is 11.2 Å². The molecule has 130 valence electrons. The Bertz CT molecular complexity index is 931. The molecular formula is C18H14N4O4. The zero-order chi connectivity index (χ0) is 18.4. The van der Waals surface area contributed by atoms with Crippen LogP contribution < -0.4 is 10.1 Å². The minimum Gasteiger partial charge on any atom is -0.437 e. The quantitative estimate of drug-likeness (QED) is 0.539. The highest BCUT2D eigenvalue weighted by Crippen LogP contribution is 2.23. The predicted molar refractivity (Wildman–Crippen MR) is 94.0 cm³/mol. The molecule has 0 saturated heterocycles. The first-order valence-corrected chi connectivity index (χ1v) is 7.68. The minimum absolute atomic E-state index is 0.0811. The molecule has 2 aromatic carbocycles. The van der Waals surface area contributed by atoms with Crippen LogP contribution in [0.15, 0.2) is 67.1 Å². The van der Waals surface area contributed by atoms with Crippen LogP contribution >= 0.6 is 0 Å². The number of nitrogens with one attached hydrogen (secondary N) is 1. The van der Waals surface area contributed by atoms with Crippen LogP contribution in [0.5, 0.6) is 11.6 Å². The van der Waals surface area contributed by atoms with E-state index in [2.05, 4.69) is 15.3 Å². The zero-order valence-electron chi connectivity index (χ0n) is 13.5. The molecule has 0 aliphatic rings. The first-order valence-electron chi connectivity index (χ1n) is 7.68. The minimum atomic E-state index is -0.502. The number of aromatic nitrogens is 2. The van der Waals surface area contributed by atoms with Gasteiger partial charge in [0.1, 0.15) is 5.75 Å². The Morgan fingerprint density at radius 2 is 2.00 bits per heavy atom. The topological polar surface area (TPSA) is 107 Å². The highest BCUT2D eigenvalue weighted by Gasteiger charge is 2.15. The molecule has 1 heterocycles. The van der Waals surface area contributed by atoms with Crippen molar-refractivity contribution >= 4 is 17.3 Å². The van der Waals surface area contributed by atoms with Crippen LogP contribution in [0.25, 0.3) is 0 Å². The lowest BCUT2D eigenvalue weighted by molar-refractivity contribution is -0.385.